The Morgan fingerprint density at radius 2 is 1.69 bits per heavy atom. The number of ether oxygens (including phenoxy) is 2. The summed E-state index contributed by atoms with van der Waals surface area (Å²) in [5.74, 6) is -1.15. The molecule has 0 aliphatic carbocycles. The molecule has 2 aliphatic heterocycles. The van der Waals surface area contributed by atoms with E-state index in [1.807, 2.05) is 18.2 Å². The quantitative estimate of drug-likeness (QED) is 0.501. The molecule has 3 amide bonds. The van der Waals surface area contributed by atoms with Gasteiger partial charge in [-0.3, -0.25) is 19.4 Å². The molecule has 0 saturated carbocycles. The average Bonchev–Trinajstić information content (AvgIpc) is 3.40. The molecule has 9 heteroatoms. The molecule has 3 atom stereocenters. The van der Waals surface area contributed by atoms with Gasteiger partial charge in [0.2, 0.25) is 5.91 Å². The van der Waals surface area contributed by atoms with E-state index in [-0.39, 0.29) is 0 Å². The minimum atomic E-state index is -1.03. The molecule has 2 saturated heterocycles. The average molecular weight is 536 g/mol. The molecule has 35 heavy (non-hydrogen) atoms. The summed E-state index contributed by atoms with van der Waals surface area (Å²) in [6, 6.07) is 19.3. The van der Waals surface area contributed by atoms with Crippen molar-refractivity contribution in [1.29, 1.82) is 0 Å². The van der Waals surface area contributed by atoms with E-state index in [9.17, 15) is 14.4 Å². The maximum Gasteiger partial charge on any atom is 0.268 e. The highest BCUT2D eigenvalue weighted by Gasteiger charge is 2.60. The van der Waals surface area contributed by atoms with Crippen molar-refractivity contribution in [3.05, 3.63) is 88.4 Å². The summed E-state index contributed by atoms with van der Waals surface area (Å²) in [5, 5.41) is 1.28. The minimum Gasteiger partial charge on any atom is -0.497 e. The molecule has 0 bridgehead atoms. The van der Waals surface area contributed by atoms with Crippen LogP contribution in [0.1, 0.15) is 22.0 Å². The van der Waals surface area contributed by atoms with Crippen LogP contribution in [-0.4, -0.2) is 43.0 Å². The lowest BCUT2D eigenvalue weighted by atomic mass is 9.90. The fraction of sp³-hybridized carbons (Fsp3) is 0.192. The van der Waals surface area contributed by atoms with Crippen molar-refractivity contribution in [2.75, 3.05) is 19.1 Å². The Bertz CT molecular complexity index is 1330. The zero-order chi connectivity index (χ0) is 24.7. The standard InChI is InChI=1S/C26H22BrN3O5/c1-34-18-10-6-7-15(14-18)22-21-23(30(28-22)24(31)16-8-5-9-17(27)13-16)26(33)29(25(21)32)19-11-3-4-12-20(19)35-2/h3-14,21-23,28H,1-2H3. The molecule has 3 aromatic rings. The number of para-hydroxylation sites is 2. The van der Waals surface area contributed by atoms with Gasteiger partial charge in [0.05, 0.1) is 31.9 Å². The second kappa shape index (κ2) is 9.16. The summed E-state index contributed by atoms with van der Waals surface area (Å²) in [7, 11) is 3.04. The van der Waals surface area contributed by atoms with E-state index < -0.39 is 35.7 Å². The number of imide groups is 1. The summed E-state index contributed by atoms with van der Waals surface area (Å²) in [6.45, 7) is 0. The van der Waals surface area contributed by atoms with Gasteiger partial charge in [0.25, 0.3) is 11.8 Å². The first-order valence-electron chi connectivity index (χ1n) is 10.9. The van der Waals surface area contributed by atoms with Crippen molar-refractivity contribution < 1.29 is 23.9 Å². The van der Waals surface area contributed by atoms with E-state index >= 15 is 0 Å². The highest BCUT2D eigenvalue weighted by atomic mass is 79.9. The van der Waals surface area contributed by atoms with Crippen LogP contribution in [0.5, 0.6) is 11.5 Å². The number of anilines is 1. The second-order valence-electron chi connectivity index (χ2n) is 8.22. The van der Waals surface area contributed by atoms with Crippen molar-refractivity contribution in [3.63, 3.8) is 0 Å². The van der Waals surface area contributed by atoms with Crippen LogP contribution in [0.4, 0.5) is 5.69 Å². The van der Waals surface area contributed by atoms with Gasteiger partial charge in [-0.05, 0) is 48.0 Å². The molecule has 5 rings (SSSR count). The van der Waals surface area contributed by atoms with Gasteiger partial charge in [-0.15, -0.1) is 0 Å². The third-order valence-electron chi connectivity index (χ3n) is 6.30. The van der Waals surface area contributed by atoms with Crippen LogP contribution in [0.3, 0.4) is 0 Å². The van der Waals surface area contributed by atoms with E-state index in [0.717, 1.165) is 14.9 Å². The third-order valence-corrected chi connectivity index (χ3v) is 6.80. The molecule has 0 radical (unpaired) electrons. The lowest BCUT2D eigenvalue weighted by Crippen LogP contribution is -2.48. The predicted molar refractivity (Wildman–Crippen MR) is 132 cm³/mol. The second-order valence-corrected chi connectivity index (χ2v) is 9.14. The van der Waals surface area contributed by atoms with E-state index in [1.165, 1.54) is 12.1 Å². The Labute approximate surface area is 210 Å². The maximum absolute atomic E-state index is 13.8. The number of nitrogens with one attached hydrogen (secondary N) is 1. The number of rotatable bonds is 5. The molecular weight excluding hydrogens is 514 g/mol. The Morgan fingerprint density at radius 1 is 0.914 bits per heavy atom. The first-order chi connectivity index (χ1) is 16.9. The van der Waals surface area contributed by atoms with Gasteiger partial charge in [0, 0.05) is 10.0 Å². The number of hydrazine groups is 1. The Kier molecular flexibility index (Phi) is 6.04. The van der Waals surface area contributed by atoms with Crippen molar-refractivity contribution in [1.82, 2.24) is 10.4 Å². The molecule has 3 unspecified atom stereocenters. The third kappa shape index (κ3) is 3.86. The number of carbonyl (C=O) groups is 3. The number of benzene rings is 3. The van der Waals surface area contributed by atoms with E-state index in [2.05, 4.69) is 21.4 Å². The van der Waals surface area contributed by atoms with Crippen molar-refractivity contribution in [2.24, 2.45) is 5.92 Å². The zero-order valence-corrected chi connectivity index (χ0v) is 20.6. The van der Waals surface area contributed by atoms with E-state index in [1.54, 1.807) is 61.7 Å². The van der Waals surface area contributed by atoms with Crippen molar-refractivity contribution >= 4 is 39.3 Å². The van der Waals surface area contributed by atoms with Crippen LogP contribution in [0, 0.1) is 5.92 Å². The maximum atomic E-state index is 13.8. The molecule has 2 heterocycles. The zero-order valence-electron chi connectivity index (χ0n) is 19.0. The number of nitrogens with zero attached hydrogens (tertiary/aromatic N) is 2. The molecule has 8 nitrogen and oxygen atoms in total. The fourth-order valence-corrected chi connectivity index (χ4v) is 5.10. The lowest BCUT2D eigenvalue weighted by molar-refractivity contribution is -0.123. The SMILES string of the molecule is COc1cccc(C2NN(C(=O)c3cccc(Br)c3)C3C(=O)N(c4ccccc4OC)C(=O)C23)c1. The monoisotopic (exact) mass is 535 g/mol. The van der Waals surface area contributed by atoms with Gasteiger partial charge in [-0.25, -0.2) is 10.3 Å². The number of halogens is 1. The van der Waals surface area contributed by atoms with Crippen LogP contribution in [0.25, 0.3) is 0 Å². The largest absolute Gasteiger partial charge is 0.497 e. The minimum absolute atomic E-state index is 0.346. The van der Waals surface area contributed by atoms with Crippen molar-refractivity contribution in [3.8, 4) is 11.5 Å². The molecule has 3 aromatic carbocycles. The highest BCUT2D eigenvalue weighted by molar-refractivity contribution is 9.10. The Morgan fingerprint density at radius 3 is 2.43 bits per heavy atom. The normalized spacial score (nSPS) is 21.3. The van der Waals surface area contributed by atoms with E-state index in [0.29, 0.717) is 22.7 Å². The summed E-state index contributed by atoms with van der Waals surface area (Å²) < 4.78 is 11.5. The summed E-state index contributed by atoms with van der Waals surface area (Å²) in [6.07, 6.45) is 0. The number of methoxy groups -OCH3 is 2. The molecule has 2 fully saturated rings. The topological polar surface area (TPSA) is 88.2 Å². The van der Waals surface area contributed by atoms with Crippen LogP contribution < -0.4 is 19.8 Å². The number of amides is 3. The summed E-state index contributed by atoms with van der Waals surface area (Å²) >= 11 is 3.39. The van der Waals surface area contributed by atoms with Gasteiger partial charge >= 0.3 is 0 Å². The first-order valence-corrected chi connectivity index (χ1v) is 11.7. The smallest absolute Gasteiger partial charge is 0.268 e. The molecule has 1 N–H and O–H groups in total. The fourth-order valence-electron chi connectivity index (χ4n) is 4.70. The Hall–Kier alpha value is -3.69. The highest BCUT2D eigenvalue weighted by Crippen LogP contribution is 2.44. The number of carbonyl (C=O) groups excluding carboxylic acids is 3. The van der Waals surface area contributed by atoms with Gasteiger partial charge in [0.1, 0.15) is 17.5 Å². The van der Waals surface area contributed by atoms with Gasteiger partial charge in [0.15, 0.2) is 0 Å². The van der Waals surface area contributed by atoms with Gasteiger partial charge in [-0.1, -0.05) is 46.3 Å². The lowest BCUT2D eigenvalue weighted by Gasteiger charge is -2.26. The van der Waals surface area contributed by atoms with Crippen LogP contribution in [0.2, 0.25) is 0 Å². The molecular formula is C26H22BrN3O5. The van der Waals surface area contributed by atoms with Crippen LogP contribution in [-0.2, 0) is 9.59 Å². The molecule has 2 aliphatic rings. The Balaban J connectivity index is 1.61. The molecule has 0 aromatic heterocycles. The molecule has 178 valence electrons. The van der Waals surface area contributed by atoms with E-state index in [4.69, 9.17) is 9.47 Å². The summed E-state index contributed by atoms with van der Waals surface area (Å²) in [5.41, 5.74) is 4.61. The van der Waals surface area contributed by atoms with Crippen LogP contribution in [0.15, 0.2) is 77.3 Å². The van der Waals surface area contributed by atoms with Crippen molar-refractivity contribution in [2.45, 2.75) is 12.1 Å². The van der Waals surface area contributed by atoms with Gasteiger partial charge in [-0.2, -0.15) is 0 Å². The molecule has 0 spiro atoms. The number of hydrogen-bond donors (Lipinski definition) is 1. The first kappa shape index (κ1) is 23.1. The summed E-state index contributed by atoms with van der Waals surface area (Å²) in [4.78, 5) is 42.3. The van der Waals surface area contributed by atoms with Crippen LogP contribution >= 0.6 is 15.9 Å². The predicted octanol–water partition coefficient (Wildman–Crippen LogP) is 3.73. The number of hydrogen-bond acceptors (Lipinski definition) is 6. The number of fused-ring (bicyclic) bond motifs is 1. The van der Waals surface area contributed by atoms with Gasteiger partial charge < -0.3 is 9.47 Å².